The lowest BCUT2D eigenvalue weighted by Crippen LogP contribution is -2.28. The van der Waals surface area contributed by atoms with Crippen LogP contribution < -0.4 is 0 Å². The first-order chi connectivity index (χ1) is 70.0. The Morgan fingerprint density at radius 3 is 0.716 bits per heavy atom. The fourth-order valence-corrected chi connectivity index (χ4v) is 25.4. The molecule has 1 aromatic heterocycles. The van der Waals surface area contributed by atoms with Crippen LogP contribution in [0.3, 0.4) is 0 Å². The van der Waals surface area contributed by atoms with Gasteiger partial charge in [-0.15, -0.1) is 0 Å². The third-order valence-corrected chi connectivity index (χ3v) is 31.0. The van der Waals surface area contributed by atoms with Crippen molar-refractivity contribution in [3.63, 3.8) is 0 Å². The molecule has 1 spiro atoms. The van der Waals surface area contributed by atoms with E-state index in [-0.39, 0.29) is 5.41 Å². The molecule has 3 aliphatic rings. The molecule has 0 saturated carbocycles. The van der Waals surface area contributed by atoms with E-state index in [0.717, 1.165) is 0 Å². The lowest BCUT2D eigenvalue weighted by atomic mass is 9.67. The van der Waals surface area contributed by atoms with Crippen molar-refractivity contribution in [1.82, 2.24) is 4.57 Å². The van der Waals surface area contributed by atoms with Gasteiger partial charge >= 0.3 is 0 Å². The molecule has 0 unspecified atom stereocenters. The van der Waals surface area contributed by atoms with Gasteiger partial charge in [0.1, 0.15) is 0 Å². The topological polar surface area (TPSA) is 4.93 Å². The summed E-state index contributed by atoms with van der Waals surface area (Å²) in [5.41, 5.74) is 36.8. The molecule has 3 aliphatic carbocycles. The predicted octanol–water partition coefficient (Wildman–Crippen LogP) is 37.2. The molecule has 27 aromatic rings. The molecule has 0 aliphatic heterocycles. The highest BCUT2D eigenvalue weighted by atomic mass is 15.0. The summed E-state index contributed by atoms with van der Waals surface area (Å²) < 4.78 is 2.38. The van der Waals surface area contributed by atoms with Crippen LogP contribution in [0.1, 0.15) is 44.5 Å². The molecule has 0 fully saturated rings. The number of hydrogen-bond donors (Lipinski definition) is 0. The third-order valence-electron chi connectivity index (χ3n) is 31.0. The molecule has 654 valence electrons. The van der Waals surface area contributed by atoms with Crippen molar-refractivity contribution < 1.29 is 0 Å². The van der Waals surface area contributed by atoms with Gasteiger partial charge in [-0.05, 0) is 284 Å². The Bertz CT molecular complexity index is 9230. The fourth-order valence-electron chi connectivity index (χ4n) is 25.4. The van der Waals surface area contributed by atoms with E-state index in [9.17, 15) is 0 Å². The van der Waals surface area contributed by atoms with E-state index in [2.05, 4.69) is 544 Å². The Morgan fingerprint density at radius 2 is 0.362 bits per heavy atom. The van der Waals surface area contributed by atoms with Gasteiger partial charge < -0.3 is 4.57 Å². The van der Waals surface area contributed by atoms with Crippen LogP contribution in [0.5, 0.6) is 0 Å². The van der Waals surface area contributed by atoms with Crippen LogP contribution in [-0.2, 0) is 10.8 Å². The van der Waals surface area contributed by atoms with Crippen molar-refractivity contribution >= 4 is 119 Å². The van der Waals surface area contributed by atoms with Crippen molar-refractivity contribution in [1.29, 1.82) is 0 Å². The van der Waals surface area contributed by atoms with Crippen molar-refractivity contribution in [2.75, 3.05) is 0 Å². The molecule has 1 nitrogen and oxygen atoms in total. The minimum absolute atomic E-state index is 0.371. The first kappa shape index (κ1) is 81.2. The Balaban J connectivity index is 0.000000104. The maximum Gasteiger partial charge on any atom is 0.0725 e. The zero-order valence-corrected chi connectivity index (χ0v) is 77.3. The van der Waals surface area contributed by atoms with E-state index in [1.165, 1.54) is 269 Å². The quantitative estimate of drug-likeness (QED) is 0.127. The first-order valence-corrected chi connectivity index (χ1v) is 49.2. The van der Waals surface area contributed by atoms with Gasteiger partial charge in [-0.3, -0.25) is 0 Å². The molecule has 0 amide bonds. The van der Waals surface area contributed by atoms with Crippen LogP contribution in [0.4, 0.5) is 0 Å². The Kier molecular flexibility index (Phi) is 18.9. The minimum atomic E-state index is -0.445. The van der Waals surface area contributed by atoms with Crippen molar-refractivity contribution in [3.8, 4) is 106 Å². The molecule has 0 saturated heterocycles. The zero-order chi connectivity index (χ0) is 92.8. The van der Waals surface area contributed by atoms with Gasteiger partial charge in [0.25, 0.3) is 0 Å². The summed E-state index contributed by atoms with van der Waals surface area (Å²) in [6.07, 6.45) is 0. The van der Waals surface area contributed by atoms with Crippen LogP contribution in [0, 0.1) is 0 Å². The summed E-state index contributed by atoms with van der Waals surface area (Å²) in [6.45, 7) is 0. The molecule has 1 heterocycles. The number of hydrogen-bond acceptors (Lipinski definition) is 0. The number of para-hydroxylation sites is 2. The number of aromatic nitrogens is 1. The molecule has 0 N–H and O–H groups in total. The van der Waals surface area contributed by atoms with E-state index in [0.29, 0.717) is 0 Å². The monoisotopic (exact) mass is 1780 g/mol. The van der Waals surface area contributed by atoms with E-state index < -0.39 is 5.41 Å². The summed E-state index contributed by atoms with van der Waals surface area (Å²) >= 11 is 0. The standard InChI is InChI=1S/C49H30.C49H32.C42H27N/c1-2-16-33-31(14-1)15-13-24-38(33)48-41-22-5-3-20-39(41)47(40-21-4-6-23-42(40)48)32-28-29-37-36-19-9-12-27-45(36)49(46(37)30-32)43-25-10-7-17-34(43)35-18-8-11-26-44(35)49;1-3-18-35(19-4-1)49(36-20-5-2-6-21-36)45-29-14-13-23-38(45)39-31-30-34(32-46(39)49)47-41-24-9-11-26-43(41)48(44-27-12-10-25-42(44)47)40-28-15-17-33-16-7-8-22-37(33)40;1-2-15-30(16-3-1)43-39-24-11-10-18-32(39)38-27-29(25-26-40(38)43)41-34-19-6-8-21-36(34)42(37-22-9-7-20-35(37)41)33-23-12-14-28-13-4-5-17-31(28)33/h1-30H;1-32H;1-27H. The highest BCUT2D eigenvalue weighted by Gasteiger charge is 2.52. The van der Waals surface area contributed by atoms with Crippen LogP contribution in [0.2, 0.25) is 0 Å². The number of rotatable bonds is 9. The molecular formula is C140H89N. The predicted molar refractivity (Wildman–Crippen MR) is 597 cm³/mol. The van der Waals surface area contributed by atoms with E-state index in [4.69, 9.17) is 0 Å². The van der Waals surface area contributed by atoms with Crippen LogP contribution >= 0.6 is 0 Å². The second-order valence-electron chi connectivity index (χ2n) is 38.0. The van der Waals surface area contributed by atoms with Crippen LogP contribution in [-0.4, -0.2) is 4.57 Å². The normalized spacial score (nSPS) is 12.8. The minimum Gasteiger partial charge on any atom is -0.309 e. The van der Waals surface area contributed by atoms with Crippen molar-refractivity contribution in [2.24, 2.45) is 0 Å². The lowest BCUT2D eigenvalue weighted by Gasteiger charge is -2.34. The number of benzene rings is 26. The molecule has 0 atom stereocenters. The lowest BCUT2D eigenvalue weighted by molar-refractivity contribution is 0.769. The summed E-state index contributed by atoms with van der Waals surface area (Å²) in [4.78, 5) is 0. The van der Waals surface area contributed by atoms with Crippen molar-refractivity contribution in [3.05, 3.63) is 584 Å². The van der Waals surface area contributed by atoms with Gasteiger partial charge in [0.05, 0.1) is 21.9 Å². The molecule has 0 bridgehead atoms. The zero-order valence-electron chi connectivity index (χ0n) is 77.3. The van der Waals surface area contributed by atoms with Gasteiger partial charge in [0, 0.05) is 16.5 Å². The van der Waals surface area contributed by atoms with E-state index in [1.54, 1.807) is 0 Å². The molecule has 30 rings (SSSR count). The van der Waals surface area contributed by atoms with Crippen molar-refractivity contribution in [2.45, 2.75) is 10.8 Å². The Labute approximate surface area is 818 Å². The fraction of sp³-hybridized carbons (Fsp3) is 0.0143. The van der Waals surface area contributed by atoms with Gasteiger partial charge in [0.2, 0.25) is 0 Å². The third kappa shape index (κ3) is 12.3. The molecular weight excluding hydrogens is 1700 g/mol. The summed E-state index contributed by atoms with van der Waals surface area (Å²) in [5, 5.41) is 25.5. The average Bonchev–Trinajstić information content (AvgIpc) is 1.51. The second-order valence-corrected chi connectivity index (χ2v) is 38.0. The Hall–Kier alpha value is -18.1. The molecule has 26 aromatic carbocycles. The first-order valence-electron chi connectivity index (χ1n) is 49.2. The summed E-state index contributed by atoms with van der Waals surface area (Å²) in [6, 6.07) is 200. The smallest absolute Gasteiger partial charge is 0.0725 e. The van der Waals surface area contributed by atoms with Crippen LogP contribution in [0.15, 0.2) is 540 Å². The number of fused-ring (bicyclic) bond motifs is 25. The number of nitrogens with zero attached hydrogens (tertiary/aromatic N) is 1. The summed E-state index contributed by atoms with van der Waals surface area (Å²) in [5.74, 6) is 0. The van der Waals surface area contributed by atoms with Gasteiger partial charge in [0.15, 0.2) is 0 Å². The molecule has 141 heavy (non-hydrogen) atoms. The molecule has 0 radical (unpaired) electrons. The Morgan fingerprint density at radius 1 is 0.128 bits per heavy atom. The van der Waals surface area contributed by atoms with Gasteiger partial charge in [-0.1, -0.05) is 497 Å². The highest BCUT2D eigenvalue weighted by Crippen LogP contribution is 2.65. The SMILES string of the molecule is c1ccc(-n2c3ccccc3c3cc(-c4c5ccccc5c(-c5cccc6ccccc56)c5ccccc45)ccc32)cc1.c1ccc(C2(c3ccccc3)c3ccccc3-c3ccc(-c4c5ccccc5c(-c5cccc6ccccc56)c5ccccc45)cc32)cc1.c1ccc2c(c1)-c1ccccc1C21c2ccccc2-c2ccc(-c3c4ccccc4c(-c4cccc5ccccc45)c4ccccc34)cc21. The van der Waals surface area contributed by atoms with Crippen LogP contribution in [0.25, 0.3) is 225 Å². The van der Waals surface area contributed by atoms with Gasteiger partial charge in [-0.25, -0.2) is 0 Å². The molecule has 1 heteroatoms. The van der Waals surface area contributed by atoms with E-state index in [1.807, 2.05) is 0 Å². The largest absolute Gasteiger partial charge is 0.309 e. The maximum absolute atomic E-state index is 2.53. The summed E-state index contributed by atoms with van der Waals surface area (Å²) in [7, 11) is 0. The maximum atomic E-state index is 2.53. The van der Waals surface area contributed by atoms with Gasteiger partial charge in [-0.2, -0.15) is 0 Å². The second kappa shape index (κ2) is 32.8. The average molecular weight is 1790 g/mol. The highest BCUT2D eigenvalue weighted by molar-refractivity contribution is 6.28. The van der Waals surface area contributed by atoms with E-state index >= 15 is 0 Å².